The molecule has 0 N–H and O–H groups in total. The van der Waals surface area contributed by atoms with Crippen LogP contribution in [-0.4, -0.2) is 6.10 Å². The molecule has 100 valence electrons. The lowest BCUT2D eigenvalue weighted by Gasteiger charge is -2.24. The summed E-state index contributed by atoms with van der Waals surface area (Å²) in [4.78, 5) is 0. The highest BCUT2D eigenvalue weighted by molar-refractivity contribution is 9.10. The minimum atomic E-state index is -4.33. The van der Waals surface area contributed by atoms with Crippen LogP contribution in [0.2, 0.25) is 0 Å². The molecule has 0 heterocycles. The molecule has 0 radical (unpaired) electrons. The molecule has 1 aromatic carbocycles. The summed E-state index contributed by atoms with van der Waals surface area (Å²) in [5, 5.41) is 0. The Balaban J connectivity index is 2.15. The van der Waals surface area contributed by atoms with Crippen molar-refractivity contribution in [2.75, 3.05) is 0 Å². The number of benzene rings is 1. The van der Waals surface area contributed by atoms with Gasteiger partial charge in [-0.15, -0.1) is 0 Å². The van der Waals surface area contributed by atoms with E-state index in [0.717, 1.165) is 37.8 Å². The Morgan fingerprint density at radius 2 is 1.78 bits per heavy atom. The molecule has 0 bridgehead atoms. The van der Waals surface area contributed by atoms with Crippen molar-refractivity contribution in [3.05, 3.63) is 28.2 Å². The predicted molar refractivity (Wildman–Crippen MR) is 66.6 cm³/mol. The van der Waals surface area contributed by atoms with Gasteiger partial charge in [0, 0.05) is 0 Å². The molecule has 0 atom stereocenters. The Bertz CT molecular complexity index is 411. The van der Waals surface area contributed by atoms with Crippen molar-refractivity contribution in [2.45, 2.75) is 44.4 Å². The fourth-order valence-electron chi connectivity index (χ4n) is 2.13. The first-order chi connectivity index (χ1) is 8.47. The molecular formula is C13H14BrF3O. The molecule has 0 aromatic heterocycles. The SMILES string of the molecule is FC(F)(F)c1ccc(Br)c(OC2CCCCC2)c1. The zero-order valence-corrected chi connectivity index (χ0v) is 11.4. The maximum Gasteiger partial charge on any atom is 0.416 e. The van der Waals surface area contributed by atoms with E-state index in [2.05, 4.69) is 15.9 Å². The third-order valence-electron chi connectivity index (χ3n) is 3.10. The molecule has 0 aliphatic heterocycles. The Labute approximate surface area is 112 Å². The minimum Gasteiger partial charge on any atom is -0.489 e. The van der Waals surface area contributed by atoms with Gasteiger partial charge in [-0.2, -0.15) is 13.2 Å². The van der Waals surface area contributed by atoms with Gasteiger partial charge in [0.05, 0.1) is 16.1 Å². The van der Waals surface area contributed by atoms with E-state index >= 15 is 0 Å². The van der Waals surface area contributed by atoms with Gasteiger partial charge in [-0.1, -0.05) is 6.42 Å². The van der Waals surface area contributed by atoms with E-state index in [1.165, 1.54) is 12.5 Å². The van der Waals surface area contributed by atoms with Crippen LogP contribution in [0, 0.1) is 0 Å². The van der Waals surface area contributed by atoms with Crippen molar-refractivity contribution in [3.63, 3.8) is 0 Å². The highest BCUT2D eigenvalue weighted by Crippen LogP contribution is 2.36. The number of hydrogen-bond acceptors (Lipinski definition) is 1. The molecule has 0 amide bonds. The summed E-state index contributed by atoms with van der Waals surface area (Å²) in [6.07, 6.45) is 0.904. The summed E-state index contributed by atoms with van der Waals surface area (Å²) in [7, 11) is 0. The lowest BCUT2D eigenvalue weighted by Crippen LogP contribution is -2.20. The quantitative estimate of drug-likeness (QED) is 0.729. The zero-order chi connectivity index (χ0) is 13.2. The fraction of sp³-hybridized carbons (Fsp3) is 0.538. The molecule has 18 heavy (non-hydrogen) atoms. The van der Waals surface area contributed by atoms with Crippen molar-refractivity contribution in [3.8, 4) is 5.75 Å². The van der Waals surface area contributed by atoms with Crippen LogP contribution in [0.4, 0.5) is 13.2 Å². The second-order valence-corrected chi connectivity index (χ2v) is 5.38. The Kier molecular flexibility index (Phi) is 4.20. The fourth-order valence-corrected chi connectivity index (χ4v) is 2.47. The van der Waals surface area contributed by atoms with Gasteiger partial charge in [-0.05, 0) is 59.8 Å². The first-order valence-corrected chi connectivity index (χ1v) is 6.79. The molecule has 1 saturated carbocycles. The molecular weight excluding hydrogens is 309 g/mol. The lowest BCUT2D eigenvalue weighted by molar-refractivity contribution is -0.137. The van der Waals surface area contributed by atoms with E-state index in [1.54, 1.807) is 0 Å². The second kappa shape index (κ2) is 5.51. The van der Waals surface area contributed by atoms with Gasteiger partial charge >= 0.3 is 6.18 Å². The standard InChI is InChI=1S/C13H14BrF3O/c14-11-7-6-9(13(15,16)17)8-12(11)18-10-4-2-1-3-5-10/h6-8,10H,1-5H2. The molecule has 0 saturated heterocycles. The number of alkyl halides is 3. The summed E-state index contributed by atoms with van der Waals surface area (Å²) >= 11 is 3.23. The van der Waals surface area contributed by atoms with E-state index in [1.807, 2.05) is 0 Å². The Hall–Kier alpha value is -0.710. The molecule has 1 aromatic rings. The maximum absolute atomic E-state index is 12.6. The third-order valence-corrected chi connectivity index (χ3v) is 3.76. The summed E-state index contributed by atoms with van der Waals surface area (Å²) in [6.45, 7) is 0. The summed E-state index contributed by atoms with van der Waals surface area (Å²) in [5.41, 5.74) is -0.670. The number of hydrogen-bond donors (Lipinski definition) is 0. The number of halogens is 4. The topological polar surface area (TPSA) is 9.23 Å². The van der Waals surface area contributed by atoms with Gasteiger partial charge in [0.25, 0.3) is 0 Å². The van der Waals surface area contributed by atoms with Crippen LogP contribution in [0.1, 0.15) is 37.7 Å². The third kappa shape index (κ3) is 3.40. The molecule has 5 heteroatoms. The van der Waals surface area contributed by atoms with Crippen LogP contribution in [0.15, 0.2) is 22.7 Å². The molecule has 0 unspecified atom stereocenters. The molecule has 2 rings (SSSR count). The molecule has 1 aliphatic rings. The van der Waals surface area contributed by atoms with E-state index in [-0.39, 0.29) is 11.9 Å². The van der Waals surface area contributed by atoms with Crippen LogP contribution in [-0.2, 0) is 6.18 Å². The number of ether oxygens (including phenoxy) is 1. The Morgan fingerprint density at radius 3 is 2.39 bits per heavy atom. The largest absolute Gasteiger partial charge is 0.489 e. The van der Waals surface area contributed by atoms with Crippen LogP contribution >= 0.6 is 15.9 Å². The van der Waals surface area contributed by atoms with Crippen molar-refractivity contribution < 1.29 is 17.9 Å². The average Bonchev–Trinajstić information content (AvgIpc) is 2.32. The average molecular weight is 323 g/mol. The van der Waals surface area contributed by atoms with Gasteiger partial charge in [-0.25, -0.2) is 0 Å². The van der Waals surface area contributed by atoms with Gasteiger partial charge < -0.3 is 4.74 Å². The molecule has 1 aliphatic carbocycles. The van der Waals surface area contributed by atoms with Gasteiger partial charge in [0.1, 0.15) is 5.75 Å². The highest BCUT2D eigenvalue weighted by Gasteiger charge is 2.31. The summed E-state index contributed by atoms with van der Waals surface area (Å²) < 4.78 is 44.1. The molecule has 1 fully saturated rings. The first-order valence-electron chi connectivity index (χ1n) is 6.00. The Morgan fingerprint density at radius 1 is 1.11 bits per heavy atom. The van der Waals surface area contributed by atoms with Gasteiger partial charge in [-0.3, -0.25) is 0 Å². The minimum absolute atomic E-state index is 0.0403. The molecule has 1 nitrogen and oxygen atoms in total. The van der Waals surface area contributed by atoms with Crippen LogP contribution < -0.4 is 4.74 Å². The predicted octanol–water partition coefficient (Wildman–Crippen LogP) is 5.18. The van der Waals surface area contributed by atoms with Crippen molar-refractivity contribution in [1.82, 2.24) is 0 Å². The van der Waals surface area contributed by atoms with Crippen molar-refractivity contribution in [1.29, 1.82) is 0 Å². The van der Waals surface area contributed by atoms with Crippen LogP contribution in [0.25, 0.3) is 0 Å². The maximum atomic E-state index is 12.6. The summed E-state index contributed by atoms with van der Waals surface area (Å²) in [5.74, 6) is 0.289. The van der Waals surface area contributed by atoms with Crippen molar-refractivity contribution in [2.24, 2.45) is 0 Å². The van der Waals surface area contributed by atoms with Crippen LogP contribution in [0.3, 0.4) is 0 Å². The van der Waals surface area contributed by atoms with E-state index in [0.29, 0.717) is 4.47 Å². The monoisotopic (exact) mass is 322 g/mol. The van der Waals surface area contributed by atoms with E-state index in [9.17, 15) is 13.2 Å². The van der Waals surface area contributed by atoms with E-state index in [4.69, 9.17) is 4.74 Å². The second-order valence-electron chi connectivity index (χ2n) is 4.52. The van der Waals surface area contributed by atoms with Gasteiger partial charge in [0.15, 0.2) is 0 Å². The smallest absolute Gasteiger partial charge is 0.416 e. The first kappa shape index (κ1) is 13.7. The van der Waals surface area contributed by atoms with Gasteiger partial charge in [0.2, 0.25) is 0 Å². The summed E-state index contributed by atoms with van der Waals surface area (Å²) in [6, 6.07) is 3.51. The van der Waals surface area contributed by atoms with E-state index < -0.39 is 11.7 Å². The normalized spacial score (nSPS) is 17.8. The number of rotatable bonds is 2. The zero-order valence-electron chi connectivity index (χ0n) is 9.77. The van der Waals surface area contributed by atoms with Crippen LogP contribution in [0.5, 0.6) is 5.75 Å². The molecule has 0 spiro atoms. The lowest BCUT2D eigenvalue weighted by atomic mass is 9.98. The van der Waals surface area contributed by atoms with Crippen molar-refractivity contribution >= 4 is 15.9 Å². The highest BCUT2D eigenvalue weighted by atomic mass is 79.9.